The van der Waals surface area contributed by atoms with Gasteiger partial charge >= 0.3 is 0 Å². The number of rotatable bonds is 3. The summed E-state index contributed by atoms with van der Waals surface area (Å²) in [6.45, 7) is 1.85. The van der Waals surface area contributed by atoms with Crippen molar-refractivity contribution in [2.75, 3.05) is 0 Å². The average Bonchev–Trinajstić information content (AvgIpc) is 2.63. The summed E-state index contributed by atoms with van der Waals surface area (Å²) >= 11 is 0. The summed E-state index contributed by atoms with van der Waals surface area (Å²) in [5.74, 6) is -0.263. The fourth-order valence-corrected chi connectivity index (χ4v) is 1.76. The van der Waals surface area contributed by atoms with Gasteiger partial charge in [0, 0.05) is 31.3 Å². The second kappa shape index (κ2) is 4.63. The van der Waals surface area contributed by atoms with Crippen molar-refractivity contribution in [2.24, 2.45) is 12.8 Å². The number of aryl methyl sites for hydroxylation is 2. The van der Waals surface area contributed by atoms with E-state index in [0.29, 0.717) is 12.0 Å². The molecule has 0 bridgehead atoms. The van der Waals surface area contributed by atoms with E-state index < -0.39 is 6.04 Å². The second-order valence-corrected chi connectivity index (χ2v) is 4.22. The van der Waals surface area contributed by atoms with Crippen molar-refractivity contribution >= 4 is 0 Å². The average molecular weight is 234 g/mol. The molecule has 1 heterocycles. The van der Waals surface area contributed by atoms with Gasteiger partial charge in [0.1, 0.15) is 5.82 Å². The fraction of sp³-hybridized carbons (Fsp3) is 0.333. The predicted octanol–water partition coefficient (Wildman–Crippen LogP) is 1.51. The molecular formula is C12H15FN4. The Bertz CT molecular complexity index is 521. The van der Waals surface area contributed by atoms with Gasteiger partial charge in [0.25, 0.3) is 0 Å². The summed E-state index contributed by atoms with van der Waals surface area (Å²) in [7, 11) is 1.79. The summed E-state index contributed by atoms with van der Waals surface area (Å²) in [4.78, 5) is 0. The van der Waals surface area contributed by atoms with Crippen molar-refractivity contribution in [2.45, 2.75) is 19.4 Å². The van der Waals surface area contributed by atoms with Gasteiger partial charge in [-0.2, -0.15) is 0 Å². The number of nitrogens with zero attached hydrogens (tertiary/aromatic N) is 3. The van der Waals surface area contributed by atoms with Gasteiger partial charge in [-0.05, 0) is 18.6 Å². The number of aromatic nitrogens is 3. The first-order valence-corrected chi connectivity index (χ1v) is 5.43. The molecular weight excluding hydrogens is 219 g/mol. The smallest absolute Gasteiger partial charge is 0.128 e. The highest BCUT2D eigenvalue weighted by Gasteiger charge is 2.13. The lowest BCUT2D eigenvalue weighted by Gasteiger charge is -2.11. The van der Waals surface area contributed by atoms with Gasteiger partial charge in [-0.15, -0.1) is 5.10 Å². The number of hydrogen-bond acceptors (Lipinski definition) is 3. The molecule has 4 nitrogen and oxygen atoms in total. The van der Waals surface area contributed by atoms with Crippen molar-refractivity contribution in [1.82, 2.24) is 15.0 Å². The Labute approximate surface area is 99.2 Å². The fourth-order valence-electron chi connectivity index (χ4n) is 1.76. The van der Waals surface area contributed by atoms with Crippen LogP contribution in [0.1, 0.15) is 22.9 Å². The Morgan fingerprint density at radius 2 is 2.24 bits per heavy atom. The number of hydrogen-bond donors (Lipinski definition) is 1. The molecule has 0 amide bonds. The molecule has 90 valence electrons. The van der Waals surface area contributed by atoms with Crippen molar-refractivity contribution < 1.29 is 4.39 Å². The minimum absolute atomic E-state index is 0.263. The summed E-state index contributed by atoms with van der Waals surface area (Å²) < 4.78 is 15.3. The van der Waals surface area contributed by atoms with E-state index in [1.807, 2.05) is 13.0 Å². The van der Waals surface area contributed by atoms with Gasteiger partial charge in [-0.3, -0.25) is 4.68 Å². The third-order valence-corrected chi connectivity index (χ3v) is 2.63. The molecule has 1 unspecified atom stereocenters. The molecule has 0 saturated heterocycles. The van der Waals surface area contributed by atoms with Crippen molar-refractivity contribution in [3.05, 3.63) is 47.0 Å². The first kappa shape index (κ1) is 11.7. The normalized spacial score (nSPS) is 12.7. The highest BCUT2D eigenvalue weighted by atomic mass is 19.1. The summed E-state index contributed by atoms with van der Waals surface area (Å²) in [5, 5.41) is 7.76. The summed E-state index contributed by atoms with van der Waals surface area (Å²) in [5.41, 5.74) is 8.14. The van der Waals surface area contributed by atoms with Crippen LogP contribution in [-0.2, 0) is 13.5 Å². The van der Waals surface area contributed by atoms with Gasteiger partial charge in [-0.25, -0.2) is 4.39 Å². The monoisotopic (exact) mass is 234 g/mol. The van der Waals surface area contributed by atoms with Crippen LogP contribution in [0.4, 0.5) is 4.39 Å². The molecule has 0 aliphatic carbocycles. The Kier molecular flexibility index (Phi) is 3.19. The SMILES string of the molecule is Cc1ccc(C(N)Cc2cn(C)nn2)c(F)c1. The van der Waals surface area contributed by atoms with Gasteiger partial charge in [-0.1, -0.05) is 17.3 Å². The first-order valence-electron chi connectivity index (χ1n) is 5.43. The Hall–Kier alpha value is -1.75. The predicted molar refractivity (Wildman–Crippen MR) is 62.8 cm³/mol. The van der Waals surface area contributed by atoms with Crippen LogP contribution in [0.5, 0.6) is 0 Å². The zero-order valence-electron chi connectivity index (χ0n) is 9.89. The van der Waals surface area contributed by atoms with Crippen LogP contribution >= 0.6 is 0 Å². The summed E-state index contributed by atoms with van der Waals surface area (Å²) in [6, 6.07) is 4.68. The molecule has 1 aromatic carbocycles. The highest BCUT2D eigenvalue weighted by molar-refractivity contribution is 5.26. The Morgan fingerprint density at radius 3 is 2.82 bits per heavy atom. The van der Waals surface area contributed by atoms with Gasteiger partial charge in [0.05, 0.1) is 5.69 Å². The van der Waals surface area contributed by atoms with E-state index in [4.69, 9.17) is 5.73 Å². The molecule has 17 heavy (non-hydrogen) atoms. The minimum atomic E-state index is -0.396. The van der Waals surface area contributed by atoms with Gasteiger partial charge < -0.3 is 5.73 Å². The van der Waals surface area contributed by atoms with E-state index >= 15 is 0 Å². The molecule has 1 atom stereocenters. The van der Waals surface area contributed by atoms with Crippen molar-refractivity contribution in [3.63, 3.8) is 0 Å². The van der Waals surface area contributed by atoms with Crippen LogP contribution in [0, 0.1) is 12.7 Å². The molecule has 0 aliphatic rings. The van der Waals surface area contributed by atoms with Crippen LogP contribution in [0.2, 0.25) is 0 Å². The lowest BCUT2D eigenvalue weighted by Crippen LogP contribution is -2.15. The third kappa shape index (κ3) is 2.68. The molecule has 2 aromatic rings. The molecule has 0 radical (unpaired) electrons. The molecule has 0 spiro atoms. The maximum absolute atomic E-state index is 13.7. The second-order valence-electron chi connectivity index (χ2n) is 4.22. The van der Waals surface area contributed by atoms with E-state index in [0.717, 1.165) is 11.3 Å². The van der Waals surface area contributed by atoms with E-state index in [2.05, 4.69) is 10.3 Å². The Morgan fingerprint density at radius 1 is 1.47 bits per heavy atom. The highest BCUT2D eigenvalue weighted by Crippen LogP contribution is 2.19. The van der Waals surface area contributed by atoms with Gasteiger partial charge in [0.15, 0.2) is 0 Å². The molecule has 5 heteroatoms. The lowest BCUT2D eigenvalue weighted by molar-refractivity contribution is 0.576. The van der Waals surface area contributed by atoms with E-state index in [-0.39, 0.29) is 5.82 Å². The summed E-state index contributed by atoms with van der Waals surface area (Å²) in [6.07, 6.45) is 2.26. The maximum Gasteiger partial charge on any atom is 0.128 e. The first-order chi connectivity index (χ1) is 8.06. The van der Waals surface area contributed by atoms with Crippen LogP contribution in [0.3, 0.4) is 0 Å². The van der Waals surface area contributed by atoms with E-state index in [1.54, 1.807) is 24.0 Å². The lowest BCUT2D eigenvalue weighted by atomic mass is 10.0. The molecule has 1 aromatic heterocycles. The van der Waals surface area contributed by atoms with Crippen LogP contribution in [0.15, 0.2) is 24.4 Å². The molecule has 2 rings (SSSR count). The molecule has 0 saturated carbocycles. The Balaban J connectivity index is 2.17. The van der Waals surface area contributed by atoms with E-state index in [1.165, 1.54) is 6.07 Å². The number of halogens is 1. The zero-order valence-corrected chi connectivity index (χ0v) is 9.89. The van der Waals surface area contributed by atoms with E-state index in [9.17, 15) is 4.39 Å². The van der Waals surface area contributed by atoms with Crippen LogP contribution in [0.25, 0.3) is 0 Å². The number of benzene rings is 1. The van der Waals surface area contributed by atoms with Crippen LogP contribution in [-0.4, -0.2) is 15.0 Å². The van der Waals surface area contributed by atoms with Crippen molar-refractivity contribution in [3.8, 4) is 0 Å². The standard InChI is InChI=1S/C12H15FN4/c1-8-3-4-10(11(13)5-8)12(14)6-9-7-17(2)16-15-9/h3-5,7,12H,6,14H2,1-2H3. The van der Waals surface area contributed by atoms with Crippen molar-refractivity contribution in [1.29, 1.82) is 0 Å². The molecule has 0 fully saturated rings. The number of nitrogens with two attached hydrogens (primary N) is 1. The largest absolute Gasteiger partial charge is 0.324 e. The minimum Gasteiger partial charge on any atom is -0.324 e. The molecule has 2 N–H and O–H groups in total. The topological polar surface area (TPSA) is 56.7 Å². The zero-order chi connectivity index (χ0) is 12.4. The quantitative estimate of drug-likeness (QED) is 0.875. The van der Waals surface area contributed by atoms with Gasteiger partial charge in [0.2, 0.25) is 0 Å². The maximum atomic E-state index is 13.7. The van der Waals surface area contributed by atoms with Crippen LogP contribution < -0.4 is 5.73 Å². The third-order valence-electron chi connectivity index (χ3n) is 2.63. The molecule has 0 aliphatic heterocycles.